The number of aromatic nitrogens is 6. The van der Waals surface area contributed by atoms with E-state index < -0.39 is 5.91 Å². The molecule has 2 aromatic carbocycles. The summed E-state index contributed by atoms with van der Waals surface area (Å²) in [5.74, 6) is 0.0538. The van der Waals surface area contributed by atoms with Crippen molar-refractivity contribution in [3.63, 3.8) is 0 Å². The smallest absolute Gasteiger partial charge is 0.293 e. The van der Waals surface area contributed by atoms with Crippen LogP contribution in [0.5, 0.6) is 0 Å². The average molecular weight is 474 g/mol. The number of carbonyl (C=O) groups excluding carboxylic acids is 1. The Bertz CT molecular complexity index is 1480. The van der Waals surface area contributed by atoms with Gasteiger partial charge in [-0.1, -0.05) is 41.1 Å². The monoisotopic (exact) mass is 473 g/mol. The summed E-state index contributed by atoms with van der Waals surface area (Å²) in [4.78, 5) is 17.1. The SMILES string of the molecule is Cc1ccc(SCc2c(C(=O)N/N=C/c3c[nH]c4ccccc34)nnn2-c2nonc2N)cc1. The maximum absolute atomic E-state index is 12.9. The van der Waals surface area contributed by atoms with Gasteiger partial charge in [-0.15, -0.1) is 16.9 Å². The van der Waals surface area contributed by atoms with Crippen molar-refractivity contribution >= 4 is 40.6 Å². The van der Waals surface area contributed by atoms with Gasteiger partial charge in [0, 0.05) is 33.3 Å². The van der Waals surface area contributed by atoms with Gasteiger partial charge in [0.1, 0.15) is 0 Å². The fraction of sp³-hybridized carbons (Fsp3) is 0.0909. The molecule has 12 heteroatoms. The Morgan fingerprint density at radius 2 is 2.06 bits per heavy atom. The first-order valence-corrected chi connectivity index (χ1v) is 11.2. The summed E-state index contributed by atoms with van der Waals surface area (Å²) in [6.45, 7) is 2.02. The van der Waals surface area contributed by atoms with Gasteiger partial charge in [-0.3, -0.25) is 4.79 Å². The van der Waals surface area contributed by atoms with Gasteiger partial charge >= 0.3 is 0 Å². The van der Waals surface area contributed by atoms with Gasteiger partial charge in [-0.05, 0) is 35.4 Å². The molecule has 34 heavy (non-hydrogen) atoms. The van der Waals surface area contributed by atoms with E-state index in [1.165, 1.54) is 16.4 Å². The third kappa shape index (κ3) is 4.26. The molecular weight excluding hydrogens is 454 g/mol. The molecule has 11 nitrogen and oxygen atoms in total. The van der Waals surface area contributed by atoms with E-state index in [1.54, 1.807) is 6.21 Å². The predicted octanol–water partition coefficient (Wildman–Crippen LogP) is 3.08. The molecule has 0 radical (unpaired) electrons. The molecule has 0 bridgehead atoms. The molecule has 0 fully saturated rings. The average Bonchev–Trinajstić information content (AvgIpc) is 3.57. The molecule has 3 heterocycles. The largest absolute Gasteiger partial charge is 0.378 e. The molecule has 3 aromatic heterocycles. The summed E-state index contributed by atoms with van der Waals surface area (Å²) < 4.78 is 6.05. The molecule has 0 unspecified atom stereocenters. The van der Waals surface area contributed by atoms with Gasteiger partial charge in [0.05, 0.1) is 11.9 Å². The van der Waals surface area contributed by atoms with Gasteiger partial charge in [-0.2, -0.15) is 9.78 Å². The number of aromatic amines is 1. The summed E-state index contributed by atoms with van der Waals surface area (Å²) >= 11 is 1.52. The molecular formula is C22H19N9O2S. The number of H-pyrrole nitrogens is 1. The number of para-hydroxylation sites is 1. The van der Waals surface area contributed by atoms with Crippen LogP contribution in [0.1, 0.15) is 27.3 Å². The Kier molecular flexibility index (Phi) is 5.79. The van der Waals surface area contributed by atoms with E-state index in [0.717, 1.165) is 26.9 Å². The van der Waals surface area contributed by atoms with Crippen LogP contribution in [-0.2, 0) is 5.75 Å². The lowest BCUT2D eigenvalue weighted by atomic mass is 10.2. The predicted molar refractivity (Wildman–Crippen MR) is 128 cm³/mol. The van der Waals surface area contributed by atoms with Gasteiger partial charge in [-0.25, -0.2) is 10.1 Å². The molecule has 0 aliphatic carbocycles. The number of fused-ring (bicyclic) bond motifs is 1. The maximum Gasteiger partial charge on any atom is 0.293 e. The van der Waals surface area contributed by atoms with E-state index in [1.807, 2.05) is 61.7 Å². The second kappa shape index (κ2) is 9.19. The highest BCUT2D eigenvalue weighted by Crippen LogP contribution is 2.26. The Hall–Kier alpha value is -4.45. The first-order valence-electron chi connectivity index (χ1n) is 10.2. The molecule has 170 valence electrons. The highest BCUT2D eigenvalue weighted by molar-refractivity contribution is 7.98. The Morgan fingerprint density at radius 1 is 1.24 bits per heavy atom. The fourth-order valence-electron chi connectivity index (χ4n) is 3.32. The first kappa shape index (κ1) is 21.4. The zero-order valence-corrected chi connectivity index (χ0v) is 18.8. The van der Waals surface area contributed by atoms with Gasteiger partial charge < -0.3 is 10.7 Å². The number of aryl methyl sites for hydroxylation is 1. The van der Waals surface area contributed by atoms with Crippen molar-refractivity contribution < 1.29 is 9.42 Å². The third-order valence-electron chi connectivity index (χ3n) is 5.06. The van der Waals surface area contributed by atoms with Crippen molar-refractivity contribution in [2.75, 3.05) is 5.73 Å². The van der Waals surface area contributed by atoms with E-state index in [4.69, 9.17) is 10.4 Å². The summed E-state index contributed by atoms with van der Waals surface area (Å²) in [5, 5.41) is 20.6. The van der Waals surface area contributed by atoms with Crippen molar-refractivity contribution in [1.82, 2.24) is 35.7 Å². The number of nitrogens with zero attached hydrogens (tertiary/aromatic N) is 6. The number of nitrogen functional groups attached to an aromatic ring is 1. The number of hydrazone groups is 1. The molecule has 0 saturated carbocycles. The number of nitrogens with one attached hydrogen (secondary N) is 2. The fourth-order valence-corrected chi connectivity index (χ4v) is 4.21. The van der Waals surface area contributed by atoms with Gasteiger partial charge in [0.25, 0.3) is 5.91 Å². The zero-order valence-electron chi connectivity index (χ0n) is 18.0. The van der Waals surface area contributed by atoms with Crippen LogP contribution in [0.25, 0.3) is 16.7 Å². The maximum atomic E-state index is 12.9. The summed E-state index contributed by atoms with van der Waals surface area (Å²) in [7, 11) is 0. The molecule has 1 amide bonds. The van der Waals surface area contributed by atoms with Crippen molar-refractivity contribution in [2.45, 2.75) is 17.6 Å². The van der Waals surface area contributed by atoms with E-state index in [0.29, 0.717) is 11.4 Å². The van der Waals surface area contributed by atoms with Crippen LogP contribution in [-0.4, -0.2) is 42.4 Å². The second-order valence-electron chi connectivity index (χ2n) is 7.36. The van der Waals surface area contributed by atoms with E-state index >= 15 is 0 Å². The summed E-state index contributed by atoms with van der Waals surface area (Å²) in [6, 6.07) is 15.9. The van der Waals surface area contributed by atoms with E-state index in [2.05, 4.69) is 36.1 Å². The summed E-state index contributed by atoms with van der Waals surface area (Å²) in [6.07, 6.45) is 3.39. The zero-order chi connectivity index (χ0) is 23.5. The minimum Gasteiger partial charge on any atom is -0.378 e. The van der Waals surface area contributed by atoms with Crippen LogP contribution < -0.4 is 11.2 Å². The topological polar surface area (TPSA) is 153 Å². The Balaban J connectivity index is 1.39. The number of benzene rings is 2. The molecule has 5 aromatic rings. The number of hydrogen-bond acceptors (Lipinski definition) is 9. The Labute approximate surface area is 197 Å². The second-order valence-corrected chi connectivity index (χ2v) is 8.41. The highest BCUT2D eigenvalue weighted by Gasteiger charge is 2.24. The molecule has 4 N–H and O–H groups in total. The molecule has 0 atom stereocenters. The lowest BCUT2D eigenvalue weighted by Crippen LogP contribution is -2.20. The molecule has 0 aliphatic rings. The van der Waals surface area contributed by atoms with Crippen molar-refractivity contribution in [3.05, 3.63) is 77.2 Å². The minimum atomic E-state index is -0.517. The summed E-state index contributed by atoms with van der Waals surface area (Å²) in [5.41, 5.74) is 11.9. The number of thioether (sulfide) groups is 1. The molecule has 0 saturated heterocycles. The van der Waals surface area contributed by atoms with Crippen LogP contribution >= 0.6 is 11.8 Å². The number of amides is 1. The molecule has 0 spiro atoms. The quantitative estimate of drug-likeness (QED) is 0.185. The van der Waals surface area contributed by atoms with Crippen LogP contribution in [0.4, 0.5) is 5.82 Å². The number of anilines is 1. The van der Waals surface area contributed by atoms with Crippen LogP contribution in [0.2, 0.25) is 0 Å². The lowest BCUT2D eigenvalue weighted by molar-refractivity contribution is 0.0949. The number of nitrogens with two attached hydrogens (primary N) is 1. The Morgan fingerprint density at radius 3 is 2.85 bits per heavy atom. The first-order chi connectivity index (χ1) is 16.6. The van der Waals surface area contributed by atoms with Crippen molar-refractivity contribution in [1.29, 1.82) is 0 Å². The van der Waals surface area contributed by atoms with Crippen LogP contribution in [0.3, 0.4) is 0 Å². The van der Waals surface area contributed by atoms with Gasteiger partial charge in [0.2, 0.25) is 11.6 Å². The molecule has 5 rings (SSSR count). The highest BCUT2D eigenvalue weighted by atomic mass is 32.2. The van der Waals surface area contributed by atoms with E-state index in [9.17, 15) is 4.79 Å². The number of carbonyl (C=O) groups is 1. The standard InChI is InChI=1S/C22H19N9O2S/c1-13-6-8-15(9-7-13)34-12-18-19(26-30-31(18)21-20(23)28-33-29-21)22(32)27-25-11-14-10-24-17-5-3-2-4-16(14)17/h2-11,24H,12H2,1H3,(H2,23,28)(H,27,32)/b25-11+. The minimum absolute atomic E-state index is 0.0378. The van der Waals surface area contributed by atoms with Crippen molar-refractivity contribution in [2.24, 2.45) is 5.10 Å². The van der Waals surface area contributed by atoms with Crippen LogP contribution in [0, 0.1) is 6.92 Å². The normalized spacial score (nSPS) is 11.4. The lowest BCUT2D eigenvalue weighted by Gasteiger charge is -2.06. The number of hydrogen-bond donors (Lipinski definition) is 3. The van der Waals surface area contributed by atoms with E-state index in [-0.39, 0.29) is 17.3 Å². The molecule has 0 aliphatic heterocycles. The van der Waals surface area contributed by atoms with Crippen molar-refractivity contribution in [3.8, 4) is 5.82 Å². The third-order valence-corrected chi connectivity index (χ3v) is 6.09. The number of rotatable bonds is 7. The van der Waals surface area contributed by atoms with Crippen LogP contribution in [0.15, 0.2) is 69.4 Å². The van der Waals surface area contributed by atoms with Gasteiger partial charge in [0.15, 0.2) is 5.69 Å².